The van der Waals surface area contributed by atoms with E-state index in [1.54, 1.807) is 46.2 Å². The molecule has 0 unspecified atom stereocenters. The van der Waals surface area contributed by atoms with Crippen LogP contribution in [-0.2, 0) is 26.0 Å². The smallest absolute Gasteiger partial charge is 0.419 e. The summed E-state index contributed by atoms with van der Waals surface area (Å²) in [6.07, 6.45) is 2.56. The Labute approximate surface area is 268 Å². The van der Waals surface area contributed by atoms with Gasteiger partial charge in [0.1, 0.15) is 11.4 Å². The van der Waals surface area contributed by atoms with Crippen LogP contribution in [0.4, 0.5) is 19.3 Å². The Morgan fingerprint density at radius 2 is 1.80 bits per heavy atom. The van der Waals surface area contributed by atoms with Gasteiger partial charge in [-0.15, -0.1) is 0 Å². The molecule has 46 heavy (non-hydrogen) atoms. The van der Waals surface area contributed by atoms with E-state index in [1.807, 2.05) is 19.1 Å². The standard InChI is InChI=1S/C33H41F2N3O7S/c1-20-14-27(43-5)24(22-10-12-38(28(20)22)30(40)45-31(2,3)4)17-37-13-11-32(18-33(34,35)19-32)16-26(37)23-9-8-21(29(39)44-6)15-25(23)36-46(7,41)42/h8-10,12,14-15,26,36H,11,13,16-19H2,1-7H3/t26-/m0/s1. The van der Waals surface area contributed by atoms with E-state index in [1.165, 1.54) is 17.7 Å². The fourth-order valence-corrected chi connectivity index (χ4v) is 7.57. The molecule has 2 fully saturated rings. The number of carbonyl (C=O) groups excluding carboxylic acids is 2. The second-order valence-corrected chi connectivity index (χ2v) is 15.4. The molecule has 1 aromatic heterocycles. The SMILES string of the molecule is COC(=O)c1ccc([C@@H]2CC3(CCN2Cc2c(OC)cc(C)c4c2ccn4C(=O)OC(C)(C)C)CC(F)(F)C3)c(NS(C)(=O)=O)c1. The van der Waals surface area contributed by atoms with Crippen LogP contribution in [0, 0.1) is 12.3 Å². The topological polar surface area (TPSA) is 116 Å². The third-order valence-electron chi connectivity index (χ3n) is 8.79. The molecule has 2 aromatic carbocycles. The quantitative estimate of drug-likeness (QED) is 0.280. The van der Waals surface area contributed by atoms with Gasteiger partial charge in [0.25, 0.3) is 0 Å². The maximum Gasteiger partial charge on any atom is 0.419 e. The van der Waals surface area contributed by atoms with E-state index in [0.29, 0.717) is 42.8 Å². The van der Waals surface area contributed by atoms with Gasteiger partial charge in [0.05, 0.1) is 37.2 Å². The van der Waals surface area contributed by atoms with Gasteiger partial charge < -0.3 is 14.2 Å². The number of fused-ring (bicyclic) bond motifs is 1. The number of anilines is 1. The Morgan fingerprint density at radius 3 is 2.39 bits per heavy atom. The highest BCUT2D eigenvalue weighted by Gasteiger charge is 2.58. The summed E-state index contributed by atoms with van der Waals surface area (Å²) in [5.41, 5.74) is 1.82. The largest absolute Gasteiger partial charge is 0.496 e. The van der Waals surface area contributed by atoms with Crippen LogP contribution < -0.4 is 9.46 Å². The van der Waals surface area contributed by atoms with Crippen molar-refractivity contribution in [3.05, 3.63) is 58.8 Å². The molecule has 0 bridgehead atoms. The number of aromatic nitrogens is 1. The third-order valence-corrected chi connectivity index (χ3v) is 9.38. The lowest BCUT2D eigenvalue weighted by molar-refractivity contribution is -0.186. The molecule has 3 aromatic rings. The molecule has 0 radical (unpaired) electrons. The molecule has 1 aliphatic heterocycles. The van der Waals surface area contributed by atoms with Crippen molar-refractivity contribution in [2.45, 2.75) is 77.5 Å². The molecule has 0 amide bonds. The van der Waals surface area contributed by atoms with E-state index < -0.39 is 45.1 Å². The van der Waals surface area contributed by atoms with Crippen LogP contribution in [0.1, 0.15) is 79.5 Å². The van der Waals surface area contributed by atoms with E-state index in [-0.39, 0.29) is 24.1 Å². The molecule has 2 heterocycles. The van der Waals surface area contributed by atoms with E-state index in [4.69, 9.17) is 14.2 Å². The summed E-state index contributed by atoms with van der Waals surface area (Å²) in [6.45, 7) is 8.03. The van der Waals surface area contributed by atoms with Crippen molar-refractivity contribution in [1.29, 1.82) is 0 Å². The average Bonchev–Trinajstić information content (AvgIpc) is 3.38. The summed E-state index contributed by atoms with van der Waals surface area (Å²) >= 11 is 0. The summed E-state index contributed by atoms with van der Waals surface area (Å²) in [7, 11) is -0.978. The lowest BCUT2D eigenvalue weighted by Gasteiger charge is -2.55. The number of likely N-dealkylation sites (tertiary alicyclic amines) is 1. The Morgan fingerprint density at radius 1 is 1.11 bits per heavy atom. The number of rotatable bonds is 7. The molecule has 1 saturated heterocycles. The number of methoxy groups -OCH3 is 2. The van der Waals surface area contributed by atoms with Crippen molar-refractivity contribution in [3.63, 3.8) is 0 Å². The van der Waals surface area contributed by atoms with E-state index in [2.05, 4.69) is 9.62 Å². The first kappa shape index (κ1) is 33.6. The fraction of sp³-hybridized carbons (Fsp3) is 0.515. The van der Waals surface area contributed by atoms with Gasteiger partial charge in [-0.2, -0.15) is 0 Å². The number of hydrogen-bond donors (Lipinski definition) is 1. The zero-order valence-electron chi connectivity index (χ0n) is 27.2. The van der Waals surface area contributed by atoms with Gasteiger partial charge in [-0.25, -0.2) is 26.8 Å². The number of esters is 1. The lowest BCUT2D eigenvalue weighted by atomic mass is 9.59. The molecule has 2 aliphatic rings. The fourth-order valence-electron chi connectivity index (χ4n) is 6.99. The van der Waals surface area contributed by atoms with Gasteiger partial charge in [0.15, 0.2) is 0 Å². The minimum absolute atomic E-state index is 0.148. The van der Waals surface area contributed by atoms with Crippen molar-refractivity contribution >= 4 is 38.7 Å². The van der Waals surface area contributed by atoms with Crippen molar-refractivity contribution in [1.82, 2.24) is 9.47 Å². The number of nitrogens with one attached hydrogen (secondary N) is 1. The number of aryl methyl sites for hydroxylation is 1. The van der Waals surface area contributed by atoms with Gasteiger partial charge in [-0.05, 0) is 87.9 Å². The summed E-state index contributed by atoms with van der Waals surface area (Å²) in [5.74, 6) is -2.79. The summed E-state index contributed by atoms with van der Waals surface area (Å²) < 4.78 is 73.8. The second-order valence-electron chi connectivity index (χ2n) is 13.6. The first-order valence-corrected chi connectivity index (χ1v) is 17.0. The number of benzene rings is 2. The molecule has 1 aliphatic carbocycles. The molecule has 5 rings (SSSR count). The van der Waals surface area contributed by atoms with Gasteiger partial charge in [0, 0.05) is 42.6 Å². The molecule has 1 spiro atoms. The summed E-state index contributed by atoms with van der Waals surface area (Å²) in [4.78, 5) is 27.6. The van der Waals surface area contributed by atoms with Gasteiger partial charge in [-0.3, -0.25) is 14.2 Å². The number of halogens is 2. The highest BCUT2D eigenvalue weighted by Crippen LogP contribution is 2.61. The zero-order chi connectivity index (χ0) is 33.8. The molecule has 1 N–H and O–H groups in total. The van der Waals surface area contributed by atoms with E-state index in [9.17, 15) is 26.8 Å². The predicted molar refractivity (Wildman–Crippen MR) is 170 cm³/mol. The van der Waals surface area contributed by atoms with Crippen LogP contribution in [-0.4, -0.2) is 68.5 Å². The normalized spacial score (nSPS) is 19.5. The molecule has 1 saturated carbocycles. The van der Waals surface area contributed by atoms with Crippen molar-refractivity contribution in [3.8, 4) is 5.75 Å². The Hall–Kier alpha value is -3.71. The van der Waals surface area contributed by atoms with Crippen LogP contribution in [0.5, 0.6) is 5.75 Å². The van der Waals surface area contributed by atoms with Crippen LogP contribution in [0.2, 0.25) is 0 Å². The third kappa shape index (κ3) is 6.85. The Balaban J connectivity index is 1.61. The van der Waals surface area contributed by atoms with Crippen LogP contribution >= 0.6 is 0 Å². The average molecular weight is 662 g/mol. The summed E-state index contributed by atoms with van der Waals surface area (Å²) in [5, 5.41) is 0.771. The highest BCUT2D eigenvalue weighted by atomic mass is 32.2. The van der Waals surface area contributed by atoms with Crippen LogP contribution in [0.15, 0.2) is 36.5 Å². The minimum Gasteiger partial charge on any atom is -0.496 e. The number of piperidine rings is 1. The van der Waals surface area contributed by atoms with Gasteiger partial charge in [-0.1, -0.05) is 6.07 Å². The maximum atomic E-state index is 14.3. The number of nitrogens with zero attached hydrogens (tertiary/aromatic N) is 2. The molecule has 10 nitrogen and oxygen atoms in total. The van der Waals surface area contributed by atoms with Crippen molar-refractivity contribution in [2.24, 2.45) is 5.41 Å². The van der Waals surface area contributed by atoms with Gasteiger partial charge >= 0.3 is 12.1 Å². The first-order chi connectivity index (χ1) is 21.3. The first-order valence-electron chi connectivity index (χ1n) is 15.1. The van der Waals surface area contributed by atoms with Crippen LogP contribution in [0.25, 0.3) is 10.9 Å². The number of hydrogen-bond acceptors (Lipinski definition) is 8. The predicted octanol–water partition coefficient (Wildman–Crippen LogP) is 6.65. The molecule has 1 atom stereocenters. The van der Waals surface area contributed by atoms with Crippen molar-refractivity contribution < 1.29 is 41.0 Å². The number of ether oxygens (including phenoxy) is 3. The second kappa shape index (κ2) is 11.8. The minimum atomic E-state index is -3.77. The molecular formula is C33H41F2N3O7S. The number of alkyl halides is 2. The Bertz CT molecular complexity index is 1790. The van der Waals surface area contributed by atoms with E-state index in [0.717, 1.165) is 22.8 Å². The van der Waals surface area contributed by atoms with Gasteiger partial charge in [0.2, 0.25) is 15.9 Å². The molecular weight excluding hydrogens is 620 g/mol. The zero-order valence-corrected chi connectivity index (χ0v) is 28.0. The monoisotopic (exact) mass is 661 g/mol. The highest BCUT2D eigenvalue weighted by molar-refractivity contribution is 7.92. The lowest BCUT2D eigenvalue weighted by Crippen LogP contribution is -2.53. The summed E-state index contributed by atoms with van der Waals surface area (Å²) in [6, 6.07) is 7.83. The van der Waals surface area contributed by atoms with Crippen LogP contribution in [0.3, 0.4) is 0 Å². The molecule has 250 valence electrons. The Kier molecular flexibility index (Phi) is 8.65. The number of carbonyl (C=O) groups is 2. The van der Waals surface area contributed by atoms with E-state index >= 15 is 0 Å². The maximum absolute atomic E-state index is 14.3. The number of sulfonamides is 1. The van der Waals surface area contributed by atoms with Crippen molar-refractivity contribution in [2.75, 3.05) is 31.7 Å². The molecule has 13 heteroatoms.